The predicted molar refractivity (Wildman–Crippen MR) is 74.3 cm³/mol. The lowest BCUT2D eigenvalue weighted by Gasteiger charge is -2.00. The first-order valence-electron chi connectivity index (χ1n) is 4.81. The summed E-state index contributed by atoms with van der Waals surface area (Å²) in [5.74, 6) is 0. The van der Waals surface area contributed by atoms with Crippen LogP contribution in [0.25, 0.3) is 11.6 Å². The summed E-state index contributed by atoms with van der Waals surface area (Å²) < 4.78 is 0. The highest BCUT2D eigenvalue weighted by molar-refractivity contribution is 7.11. The number of rotatable bonds is 2. The highest BCUT2D eigenvalue weighted by Crippen LogP contribution is 2.27. The molecule has 0 fully saturated rings. The third kappa shape index (κ3) is 2.89. The van der Waals surface area contributed by atoms with Crippen LogP contribution in [-0.2, 0) is 0 Å². The summed E-state index contributed by atoms with van der Waals surface area (Å²) in [6.07, 6.45) is 1.77. The van der Waals surface area contributed by atoms with Gasteiger partial charge in [0.05, 0.1) is 5.57 Å². The Labute approximate surface area is 114 Å². The van der Waals surface area contributed by atoms with E-state index in [0.717, 1.165) is 10.4 Å². The summed E-state index contributed by atoms with van der Waals surface area (Å²) in [6, 6.07) is 11.2. The highest BCUT2D eigenvalue weighted by atomic mass is 35.5. The fourth-order valence-electron chi connectivity index (χ4n) is 1.36. The van der Waals surface area contributed by atoms with Crippen molar-refractivity contribution in [2.24, 2.45) is 0 Å². The zero-order valence-corrected chi connectivity index (χ0v) is 11.0. The van der Waals surface area contributed by atoms with Crippen LogP contribution in [0.2, 0.25) is 10.0 Å². The van der Waals surface area contributed by atoms with Crippen molar-refractivity contribution in [3.63, 3.8) is 0 Å². The lowest BCUT2D eigenvalue weighted by Crippen LogP contribution is -1.79. The molecule has 0 spiro atoms. The molecule has 17 heavy (non-hydrogen) atoms. The number of nitrogens with zero attached hydrogens (tertiary/aromatic N) is 1. The Balaban J connectivity index is 2.44. The van der Waals surface area contributed by atoms with Crippen molar-refractivity contribution in [3.8, 4) is 6.07 Å². The Hall–Kier alpha value is -1.27. The van der Waals surface area contributed by atoms with Gasteiger partial charge < -0.3 is 0 Å². The molecular formula is C13H7Cl2NS. The molecule has 84 valence electrons. The van der Waals surface area contributed by atoms with E-state index < -0.39 is 0 Å². The molecule has 0 N–H and O–H groups in total. The van der Waals surface area contributed by atoms with Gasteiger partial charge in [0.2, 0.25) is 0 Å². The molecule has 0 aliphatic carbocycles. The Morgan fingerprint density at radius 1 is 1.29 bits per heavy atom. The predicted octanol–water partition coefficient (Wildman–Crippen LogP) is 5.12. The molecule has 0 bridgehead atoms. The summed E-state index contributed by atoms with van der Waals surface area (Å²) >= 11 is 13.4. The maximum absolute atomic E-state index is 9.12. The molecule has 1 aromatic carbocycles. The Kier molecular flexibility index (Phi) is 3.86. The van der Waals surface area contributed by atoms with Crippen LogP contribution in [0.5, 0.6) is 0 Å². The van der Waals surface area contributed by atoms with E-state index in [1.165, 1.54) is 11.3 Å². The van der Waals surface area contributed by atoms with E-state index in [2.05, 4.69) is 6.07 Å². The van der Waals surface area contributed by atoms with E-state index >= 15 is 0 Å². The fraction of sp³-hybridized carbons (Fsp3) is 0. The monoisotopic (exact) mass is 279 g/mol. The van der Waals surface area contributed by atoms with Gasteiger partial charge in [-0.2, -0.15) is 5.26 Å². The molecule has 1 heterocycles. The van der Waals surface area contributed by atoms with E-state index in [1.807, 2.05) is 17.5 Å². The number of thiophene rings is 1. The lowest BCUT2D eigenvalue weighted by atomic mass is 10.1. The number of hydrogen-bond donors (Lipinski definition) is 0. The van der Waals surface area contributed by atoms with Crippen molar-refractivity contribution in [1.29, 1.82) is 5.26 Å². The van der Waals surface area contributed by atoms with E-state index in [4.69, 9.17) is 28.5 Å². The van der Waals surface area contributed by atoms with Gasteiger partial charge in [0, 0.05) is 14.9 Å². The minimum absolute atomic E-state index is 0.543. The molecule has 0 saturated heterocycles. The molecule has 0 radical (unpaired) electrons. The molecular weight excluding hydrogens is 273 g/mol. The van der Waals surface area contributed by atoms with Gasteiger partial charge in [-0.25, -0.2) is 0 Å². The maximum Gasteiger partial charge on any atom is 0.101 e. The van der Waals surface area contributed by atoms with Gasteiger partial charge in [0.15, 0.2) is 0 Å². The molecule has 1 nitrogen and oxygen atoms in total. The molecule has 4 heteroatoms. The Morgan fingerprint density at radius 3 is 2.71 bits per heavy atom. The van der Waals surface area contributed by atoms with Crippen LogP contribution < -0.4 is 0 Å². The molecule has 0 aliphatic rings. The number of halogens is 2. The average Bonchev–Trinajstić information content (AvgIpc) is 2.81. The second-order valence-corrected chi connectivity index (χ2v) is 5.10. The zero-order valence-electron chi connectivity index (χ0n) is 8.65. The Bertz CT molecular complexity index is 594. The van der Waals surface area contributed by atoms with Crippen molar-refractivity contribution >= 4 is 46.2 Å². The van der Waals surface area contributed by atoms with Gasteiger partial charge in [-0.05, 0) is 35.2 Å². The van der Waals surface area contributed by atoms with E-state index in [-0.39, 0.29) is 0 Å². The van der Waals surface area contributed by atoms with Gasteiger partial charge >= 0.3 is 0 Å². The summed E-state index contributed by atoms with van der Waals surface area (Å²) in [5.41, 5.74) is 1.39. The molecule has 1 aromatic heterocycles. The van der Waals surface area contributed by atoms with E-state index in [0.29, 0.717) is 15.6 Å². The van der Waals surface area contributed by atoms with Gasteiger partial charge in [-0.3, -0.25) is 0 Å². The van der Waals surface area contributed by atoms with E-state index in [1.54, 1.807) is 24.3 Å². The molecule has 0 saturated carbocycles. The Morgan fingerprint density at radius 2 is 2.12 bits per heavy atom. The first kappa shape index (κ1) is 12.2. The quantitative estimate of drug-likeness (QED) is 0.700. The van der Waals surface area contributed by atoms with Crippen LogP contribution >= 0.6 is 34.5 Å². The van der Waals surface area contributed by atoms with Crippen molar-refractivity contribution in [2.45, 2.75) is 0 Å². The summed E-state index contributed by atoms with van der Waals surface area (Å²) in [6.45, 7) is 0. The molecule has 2 rings (SSSR count). The topological polar surface area (TPSA) is 23.8 Å². The van der Waals surface area contributed by atoms with Crippen molar-refractivity contribution in [1.82, 2.24) is 0 Å². The van der Waals surface area contributed by atoms with Crippen LogP contribution in [0.3, 0.4) is 0 Å². The molecule has 0 atom stereocenters. The maximum atomic E-state index is 9.12. The molecule has 0 amide bonds. The van der Waals surface area contributed by atoms with Gasteiger partial charge in [0.25, 0.3) is 0 Å². The number of allylic oxidation sites excluding steroid dienone is 1. The van der Waals surface area contributed by atoms with Crippen LogP contribution in [-0.4, -0.2) is 0 Å². The minimum Gasteiger partial charge on any atom is -0.192 e. The molecule has 2 aromatic rings. The normalized spacial score (nSPS) is 11.2. The minimum atomic E-state index is 0.543. The standard InChI is InChI=1S/C13H7Cl2NS/c14-11-4-3-9(12(15)7-11)6-10(8-16)13-2-1-5-17-13/h1-7H/b10-6+. The van der Waals surface area contributed by atoms with Crippen LogP contribution in [0.1, 0.15) is 10.4 Å². The fourth-order valence-corrected chi connectivity index (χ4v) is 2.52. The van der Waals surface area contributed by atoms with Gasteiger partial charge in [-0.1, -0.05) is 35.3 Å². The molecule has 0 aliphatic heterocycles. The zero-order chi connectivity index (χ0) is 12.3. The lowest BCUT2D eigenvalue weighted by molar-refractivity contribution is 1.54. The van der Waals surface area contributed by atoms with Crippen molar-refractivity contribution in [2.75, 3.05) is 0 Å². The number of benzene rings is 1. The number of hydrogen-bond acceptors (Lipinski definition) is 2. The van der Waals surface area contributed by atoms with Crippen LogP contribution in [0.15, 0.2) is 35.7 Å². The van der Waals surface area contributed by atoms with Crippen LogP contribution in [0.4, 0.5) is 0 Å². The van der Waals surface area contributed by atoms with Crippen LogP contribution in [0, 0.1) is 11.3 Å². The third-order valence-electron chi connectivity index (χ3n) is 2.17. The second-order valence-electron chi connectivity index (χ2n) is 3.31. The van der Waals surface area contributed by atoms with Gasteiger partial charge in [0.1, 0.15) is 6.07 Å². The van der Waals surface area contributed by atoms with Crippen molar-refractivity contribution < 1.29 is 0 Å². The van der Waals surface area contributed by atoms with E-state index in [9.17, 15) is 0 Å². The first-order valence-corrected chi connectivity index (χ1v) is 6.45. The summed E-state index contributed by atoms with van der Waals surface area (Å²) in [5, 5.41) is 12.2. The SMILES string of the molecule is N#C/C(=C\c1ccc(Cl)cc1Cl)c1cccs1. The van der Waals surface area contributed by atoms with Gasteiger partial charge in [-0.15, -0.1) is 11.3 Å². The highest BCUT2D eigenvalue weighted by Gasteiger charge is 2.04. The summed E-state index contributed by atoms with van der Waals surface area (Å²) in [4.78, 5) is 0.929. The first-order chi connectivity index (χ1) is 8.20. The third-order valence-corrected chi connectivity index (χ3v) is 3.63. The second kappa shape index (κ2) is 5.37. The average molecular weight is 280 g/mol. The van der Waals surface area contributed by atoms with Crippen molar-refractivity contribution in [3.05, 3.63) is 56.2 Å². The number of nitriles is 1. The molecule has 0 unspecified atom stereocenters. The summed E-state index contributed by atoms with van der Waals surface area (Å²) in [7, 11) is 0. The largest absolute Gasteiger partial charge is 0.192 e. The smallest absolute Gasteiger partial charge is 0.101 e.